The minimum Gasteiger partial charge on any atom is -0.460 e. The summed E-state index contributed by atoms with van der Waals surface area (Å²) in [6, 6.07) is -0.872. The first-order valence-electron chi connectivity index (χ1n) is 13.9. The fourth-order valence-corrected chi connectivity index (χ4v) is 5.59. The molecule has 9 nitrogen and oxygen atoms in total. The van der Waals surface area contributed by atoms with Crippen LogP contribution in [0.15, 0.2) is 0 Å². The molecule has 2 unspecified atom stereocenters. The van der Waals surface area contributed by atoms with Crippen molar-refractivity contribution in [3.8, 4) is 0 Å². The highest BCUT2D eigenvalue weighted by Crippen LogP contribution is 2.32. The number of carbonyl (C=O) groups is 2. The van der Waals surface area contributed by atoms with E-state index in [1.807, 2.05) is 41.5 Å². The van der Waals surface area contributed by atoms with Crippen molar-refractivity contribution in [1.29, 1.82) is 0 Å². The highest BCUT2D eigenvalue weighted by molar-refractivity contribution is 5.85. The molecule has 1 aliphatic rings. The van der Waals surface area contributed by atoms with Crippen LogP contribution in [0, 0.1) is 35.5 Å². The molecule has 0 aromatic carbocycles. The number of hydrogen-bond donors (Lipinski definition) is 6. The van der Waals surface area contributed by atoms with E-state index < -0.39 is 60.5 Å². The minimum absolute atomic E-state index is 0.0680. The summed E-state index contributed by atoms with van der Waals surface area (Å²) in [5.74, 6) is -2.39. The third-order valence-electron chi connectivity index (χ3n) is 8.00. The summed E-state index contributed by atoms with van der Waals surface area (Å²) in [7, 11) is 0. The Morgan fingerprint density at radius 3 is 2.05 bits per heavy atom. The van der Waals surface area contributed by atoms with Crippen molar-refractivity contribution in [2.24, 2.45) is 35.5 Å². The number of carbonyl (C=O) groups excluding carboxylic acids is 2. The van der Waals surface area contributed by atoms with E-state index in [0.717, 1.165) is 0 Å². The first kappa shape index (κ1) is 33.8. The highest BCUT2D eigenvalue weighted by Gasteiger charge is 2.37. The second-order valence-corrected chi connectivity index (χ2v) is 12.2. The lowest BCUT2D eigenvalue weighted by Crippen LogP contribution is -2.48. The average Bonchev–Trinajstić information content (AvgIpc) is 2.78. The predicted molar refractivity (Wildman–Crippen MR) is 141 cm³/mol. The van der Waals surface area contributed by atoms with Gasteiger partial charge in [0.1, 0.15) is 12.1 Å². The molecule has 0 aliphatic carbocycles. The largest absolute Gasteiger partial charge is 0.460 e. The summed E-state index contributed by atoms with van der Waals surface area (Å²) >= 11 is 0. The van der Waals surface area contributed by atoms with Crippen LogP contribution >= 0.6 is 0 Å². The second-order valence-electron chi connectivity index (χ2n) is 12.2. The first-order valence-corrected chi connectivity index (χ1v) is 13.9. The Bertz CT molecular complexity index is 702. The van der Waals surface area contributed by atoms with Crippen molar-refractivity contribution < 1.29 is 39.9 Å². The molecule has 9 heteroatoms. The lowest BCUT2D eigenvalue weighted by molar-refractivity contribution is -0.161. The van der Waals surface area contributed by atoms with Gasteiger partial charge in [-0.15, -0.1) is 0 Å². The summed E-state index contributed by atoms with van der Waals surface area (Å²) in [4.78, 5) is 25.8. The topological polar surface area (TPSA) is 157 Å². The Morgan fingerprint density at radius 1 is 0.919 bits per heavy atom. The van der Waals surface area contributed by atoms with Crippen LogP contribution in [0.5, 0.6) is 0 Å². The molecule has 0 radical (unpaired) electrons. The highest BCUT2D eigenvalue weighted by atomic mass is 16.5. The van der Waals surface area contributed by atoms with Gasteiger partial charge in [-0.1, -0.05) is 48.5 Å². The number of ether oxygens (including phenoxy) is 1. The van der Waals surface area contributed by atoms with Crippen LogP contribution in [0.4, 0.5) is 0 Å². The van der Waals surface area contributed by atoms with Crippen LogP contribution in [0.2, 0.25) is 0 Å². The van der Waals surface area contributed by atoms with Crippen molar-refractivity contribution >= 4 is 11.9 Å². The molecule has 0 saturated carbocycles. The maximum atomic E-state index is 13.3. The zero-order valence-electron chi connectivity index (χ0n) is 24.0. The van der Waals surface area contributed by atoms with Gasteiger partial charge in [0.25, 0.3) is 0 Å². The van der Waals surface area contributed by atoms with Gasteiger partial charge >= 0.3 is 5.97 Å². The normalized spacial score (nSPS) is 33.6. The van der Waals surface area contributed by atoms with E-state index in [1.54, 1.807) is 13.8 Å². The molecule has 1 aliphatic heterocycles. The number of esters is 1. The predicted octanol–water partition coefficient (Wildman–Crippen LogP) is 2.01. The van der Waals surface area contributed by atoms with Crippen LogP contribution in [0.1, 0.15) is 87.5 Å². The summed E-state index contributed by atoms with van der Waals surface area (Å²) in [5.41, 5.74) is 0. The molecule has 37 heavy (non-hydrogen) atoms. The molecule has 12 atom stereocenters. The lowest BCUT2D eigenvalue weighted by Gasteiger charge is -2.36. The maximum Gasteiger partial charge on any atom is 0.329 e. The number of rotatable bonds is 9. The lowest BCUT2D eigenvalue weighted by atomic mass is 9.78. The quantitative estimate of drug-likeness (QED) is 0.247. The summed E-state index contributed by atoms with van der Waals surface area (Å²) in [5, 5.41) is 54.5. The van der Waals surface area contributed by atoms with Gasteiger partial charge < -0.3 is 35.6 Å². The molecule has 0 aromatic heterocycles. The van der Waals surface area contributed by atoms with E-state index in [1.165, 1.54) is 0 Å². The smallest absolute Gasteiger partial charge is 0.329 e. The van der Waals surface area contributed by atoms with Gasteiger partial charge in [0, 0.05) is 5.92 Å². The molecule has 1 rings (SSSR count). The van der Waals surface area contributed by atoms with Gasteiger partial charge in [-0.3, -0.25) is 4.79 Å². The van der Waals surface area contributed by atoms with E-state index in [0.29, 0.717) is 12.8 Å². The van der Waals surface area contributed by atoms with Crippen molar-refractivity contribution in [1.82, 2.24) is 5.32 Å². The molecule has 0 bridgehead atoms. The molecule has 218 valence electrons. The van der Waals surface area contributed by atoms with Crippen LogP contribution in [-0.4, -0.2) is 80.1 Å². The van der Waals surface area contributed by atoms with E-state index in [-0.39, 0.29) is 48.9 Å². The third-order valence-corrected chi connectivity index (χ3v) is 8.00. The maximum absolute atomic E-state index is 13.3. The molecule has 0 aromatic rings. The molecular weight excluding hydrogens is 478 g/mol. The molecule has 6 N–H and O–H groups in total. The Balaban J connectivity index is 3.15. The number of aliphatic hydroxyl groups is 5. The van der Waals surface area contributed by atoms with Crippen molar-refractivity contribution in [3.63, 3.8) is 0 Å². The SMILES string of the molecule is CC(C)C1NC(=O)C[C@@H](O)C[C@H](O)[C@H](C)C[C@@H](C)C([C@@H](C)C[C@H](C)[C@H](O)[C@H](C)[C@H](O)C[C@H](C)O)OC1=O. The van der Waals surface area contributed by atoms with Crippen molar-refractivity contribution in [2.45, 2.75) is 130 Å². The van der Waals surface area contributed by atoms with Crippen molar-refractivity contribution in [3.05, 3.63) is 0 Å². The van der Waals surface area contributed by atoms with Crippen LogP contribution in [-0.2, 0) is 14.3 Å². The summed E-state index contributed by atoms with van der Waals surface area (Å²) in [6.45, 7) is 14.7. The molecule has 1 saturated heterocycles. The Morgan fingerprint density at radius 2 is 1.51 bits per heavy atom. The van der Waals surface area contributed by atoms with Crippen LogP contribution in [0.25, 0.3) is 0 Å². The monoisotopic (exact) mass is 531 g/mol. The van der Waals surface area contributed by atoms with Gasteiger partial charge in [-0.25, -0.2) is 4.79 Å². The zero-order chi connectivity index (χ0) is 28.6. The van der Waals surface area contributed by atoms with Crippen molar-refractivity contribution in [2.75, 3.05) is 0 Å². The van der Waals surface area contributed by atoms with Gasteiger partial charge in [0.2, 0.25) is 5.91 Å². The molecule has 1 amide bonds. The standard InChI is InChI=1S/C28H53NO8/c1-14(2)25-28(36)37-27(17(5)9-15(3)22(32)12-21(31)13-24(34)29-25)18(6)10-16(4)26(35)20(8)23(33)11-19(7)30/h14-23,25-27,30-33,35H,9-13H2,1-8H3,(H,29,34)/t15-,16+,17-,18+,19+,20-,21+,22+,23-,25?,26+,27?/m1/s1. The molecule has 1 fully saturated rings. The number of aliphatic hydroxyl groups excluding tert-OH is 5. The van der Waals surface area contributed by atoms with E-state index in [4.69, 9.17) is 4.74 Å². The van der Waals surface area contributed by atoms with Gasteiger partial charge in [0.05, 0.1) is 36.9 Å². The summed E-state index contributed by atoms with van der Waals surface area (Å²) in [6.07, 6.45) is -3.59. The van der Waals surface area contributed by atoms with Crippen LogP contribution in [0.3, 0.4) is 0 Å². The van der Waals surface area contributed by atoms with E-state index in [9.17, 15) is 35.1 Å². The molecular formula is C28H53NO8. The Hall–Kier alpha value is -1.26. The Kier molecular flexibility index (Phi) is 14.0. The summed E-state index contributed by atoms with van der Waals surface area (Å²) < 4.78 is 6.05. The fraction of sp³-hybridized carbons (Fsp3) is 0.929. The zero-order valence-corrected chi connectivity index (χ0v) is 24.0. The fourth-order valence-electron chi connectivity index (χ4n) is 5.59. The number of cyclic esters (lactones) is 1. The Labute approximate surface area is 223 Å². The van der Waals surface area contributed by atoms with Gasteiger partial charge in [0.15, 0.2) is 0 Å². The van der Waals surface area contributed by atoms with Gasteiger partial charge in [-0.2, -0.15) is 0 Å². The minimum atomic E-state index is -1.01. The number of amides is 1. The third kappa shape index (κ3) is 10.8. The molecule has 1 heterocycles. The number of hydrogen-bond acceptors (Lipinski definition) is 8. The van der Waals surface area contributed by atoms with E-state index in [2.05, 4.69) is 5.32 Å². The number of nitrogens with one attached hydrogen (secondary N) is 1. The molecule has 0 spiro atoms. The second kappa shape index (κ2) is 15.4. The van der Waals surface area contributed by atoms with E-state index >= 15 is 0 Å². The first-order chi connectivity index (χ1) is 17.0. The van der Waals surface area contributed by atoms with Crippen LogP contribution < -0.4 is 5.32 Å². The average molecular weight is 532 g/mol. The van der Waals surface area contributed by atoms with Gasteiger partial charge in [-0.05, 0) is 62.2 Å².